The number of nitrogens with two attached hydrogens (primary N) is 1. The molecule has 1 aliphatic rings. The number of nitro benzene ring substituents is 1. The number of rotatable bonds is 3. The van der Waals surface area contributed by atoms with Gasteiger partial charge in [0, 0.05) is 19.2 Å². The summed E-state index contributed by atoms with van der Waals surface area (Å²) in [5, 5.41) is 11.0. The molecule has 7 nitrogen and oxygen atoms in total. The second-order valence-corrected chi connectivity index (χ2v) is 3.70. The third-order valence-electron chi connectivity index (χ3n) is 2.69. The summed E-state index contributed by atoms with van der Waals surface area (Å²) in [5.74, 6) is 5.31. The Hall–Kier alpha value is -1.86. The molecule has 2 rings (SSSR count). The van der Waals surface area contributed by atoms with Crippen molar-refractivity contribution in [1.29, 1.82) is 0 Å². The van der Waals surface area contributed by atoms with Crippen LogP contribution in [-0.4, -0.2) is 31.2 Å². The van der Waals surface area contributed by atoms with Gasteiger partial charge < -0.3 is 15.1 Å². The molecule has 0 aromatic heterocycles. The maximum atomic E-state index is 11.0. The lowest BCUT2D eigenvalue weighted by Gasteiger charge is -2.28. The Kier molecular flexibility index (Phi) is 3.40. The van der Waals surface area contributed by atoms with E-state index in [2.05, 4.69) is 5.43 Å². The average Bonchev–Trinajstić information content (AvgIpc) is 2.39. The molecule has 0 unspecified atom stereocenters. The molecule has 1 aliphatic heterocycles. The van der Waals surface area contributed by atoms with Gasteiger partial charge in [-0.2, -0.15) is 0 Å². The fourth-order valence-electron chi connectivity index (χ4n) is 1.83. The van der Waals surface area contributed by atoms with Crippen LogP contribution in [0.2, 0.25) is 0 Å². The first-order valence-electron chi connectivity index (χ1n) is 5.30. The van der Waals surface area contributed by atoms with Gasteiger partial charge in [0.25, 0.3) is 5.69 Å². The molecule has 1 aromatic carbocycles. The van der Waals surface area contributed by atoms with E-state index in [9.17, 15) is 10.1 Å². The molecular formula is C10H14N4O3. The van der Waals surface area contributed by atoms with E-state index < -0.39 is 0 Å². The highest BCUT2D eigenvalue weighted by atomic mass is 16.6. The average molecular weight is 238 g/mol. The molecule has 0 radical (unpaired) electrons. The monoisotopic (exact) mass is 238 g/mol. The highest BCUT2D eigenvalue weighted by Gasteiger charge is 2.21. The van der Waals surface area contributed by atoms with E-state index in [1.807, 2.05) is 4.90 Å². The highest BCUT2D eigenvalue weighted by Crippen LogP contribution is 2.31. The lowest BCUT2D eigenvalue weighted by atomic mass is 10.2. The van der Waals surface area contributed by atoms with Crippen molar-refractivity contribution in [2.75, 3.05) is 36.6 Å². The first kappa shape index (κ1) is 11.6. The zero-order valence-corrected chi connectivity index (χ0v) is 9.26. The molecule has 0 bridgehead atoms. The van der Waals surface area contributed by atoms with Crippen LogP contribution in [-0.2, 0) is 4.74 Å². The van der Waals surface area contributed by atoms with Gasteiger partial charge in [-0.1, -0.05) is 0 Å². The fourth-order valence-corrected chi connectivity index (χ4v) is 1.83. The predicted octanol–water partition coefficient (Wildman–Crippen LogP) is 0.717. The van der Waals surface area contributed by atoms with E-state index in [0.29, 0.717) is 37.7 Å². The normalized spacial score (nSPS) is 15.7. The van der Waals surface area contributed by atoms with E-state index in [0.717, 1.165) is 0 Å². The van der Waals surface area contributed by atoms with Gasteiger partial charge in [-0.25, -0.2) is 0 Å². The molecule has 92 valence electrons. The second-order valence-electron chi connectivity index (χ2n) is 3.70. The van der Waals surface area contributed by atoms with Crippen LogP contribution in [0.1, 0.15) is 0 Å². The largest absolute Gasteiger partial charge is 0.378 e. The number of hydrazine groups is 1. The Bertz CT molecular complexity index is 418. The fraction of sp³-hybridized carbons (Fsp3) is 0.400. The van der Waals surface area contributed by atoms with Crippen molar-refractivity contribution in [3.63, 3.8) is 0 Å². The zero-order chi connectivity index (χ0) is 12.3. The van der Waals surface area contributed by atoms with Crippen molar-refractivity contribution in [3.05, 3.63) is 28.3 Å². The number of ether oxygens (including phenoxy) is 1. The summed E-state index contributed by atoms with van der Waals surface area (Å²) in [5.41, 5.74) is 3.81. The Morgan fingerprint density at radius 2 is 2.12 bits per heavy atom. The Morgan fingerprint density at radius 1 is 1.41 bits per heavy atom. The summed E-state index contributed by atoms with van der Waals surface area (Å²) in [4.78, 5) is 12.5. The number of hydrogen-bond acceptors (Lipinski definition) is 6. The van der Waals surface area contributed by atoms with Crippen LogP contribution in [0.4, 0.5) is 17.1 Å². The van der Waals surface area contributed by atoms with Crippen LogP contribution in [0.25, 0.3) is 0 Å². The Labute approximate surface area is 98.3 Å². The van der Waals surface area contributed by atoms with Crippen LogP contribution < -0.4 is 16.2 Å². The molecule has 3 N–H and O–H groups in total. The maximum Gasteiger partial charge on any atom is 0.292 e. The quantitative estimate of drug-likeness (QED) is 0.457. The van der Waals surface area contributed by atoms with Gasteiger partial charge in [0.15, 0.2) is 0 Å². The summed E-state index contributed by atoms with van der Waals surface area (Å²) in [6, 6.07) is 4.73. The van der Waals surface area contributed by atoms with Crippen LogP contribution in [0.15, 0.2) is 18.2 Å². The third kappa shape index (κ3) is 2.45. The number of benzene rings is 1. The molecule has 0 aliphatic carbocycles. The molecule has 17 heavy (non-hydrogen) atoms. The molecule has 0 saturated carbocycles. The van der Waals surface area contributed by atoms with E-state index in [1.165, 1.54) is 6.07 Å². The minimum Gasteiger partial charge on any atom is -0.378 e. The van der Waals surface area contributed by atoms with Crippen molar-refractivity contribution >= 4 is 17.1 Å². The van der Waals surface area contributed by atoms with E-state index in [1.54, 1.807) is 12.1 Å². The number of hydrogen-bond donors (Lipinski definition) is 2. The summed E-state index contributed by atoms with van der Waals surface area (Å²) in [7, 11) is 0. The lowest BCUT2D eigenvalue weighted by Crippen LogP contribution is -2.36. The molecule has 1 fully saturated rings. The molecular weight excluding hydrogens is 224 g/mol. The predicted molar refractivity (Wildman–Crippen MR) is 63.9 cm³/mol. The molecule has 1 saturated heterocycles. The van der Waals surface area contributed by atoms with Crippen molar-refractivity contribution in [2.24, 2.45) is 5.84 Å². The van der Waals surface area contributed by atoms with Gasteiger partial charge in [-0.15, -0.1) is 0 Å². The number of morpholine rings is 1. The summed E-state index contributed by atoms with van der Waals surface area (Å²) >= 11 is 0. The highest BCUT2D eigenvalue weighted by molar-refractivity contribution is 5.69. The van der Waals surface area contributed by atoms with Gasteiger partial charge in [0.05, 0.1) is 23.8 Å². The zero-order valence-electron chi connectivity index (χ0n) is 9.26. The summed E-state index contributed by atoms with van der Waals surface area (Å²) in [6.07, 6.45) is 0. The molecule has 0 amide bonds. The first-order chi connectivity index (χ1) is 8.22. The second kappa shape index (κ2) is 4.98. The van der Waals surface area contributed by atoms with Crippen molar-refractivity contribution in [2.45, 2.75) is 0 Å². The van der Waals surface area contributed by atoms with Crippen LogP contribution >= 0.6 is 0 Å². The first-order valence-corrected chi connectivity index (χ1v) is 5.30. The van der Waals surface area contributed by atoms with Crippen molar-refractivity contribution in [1.82, 2.24) is 0 Å². The number of anilines is 2. The van der Waals surface area contributed by atoms with E-state index in [4.69, 9.17) is 10.6 Å². The number of nitro groups is 1. The van der Waals surface area contributed by atoms with Crippen LogP contribution in [0, 0.1) is 10.1 Å². The van der Waals surface area contributed by atoms with Crippen LogP contribution in [0.3, 0.4) is 0 Å². The molecule has 0 atom stereocenters. The van der Waals surface area contributed by atoms with E-state index in [-0.39, 0.29) is 10.6 Å². The van der Waals surface area contributed by atoms with Gasteiger partial charge in [0.2, 0.25) is 0 Å². The minimum atomic E-state index is -0.384. The topological polar surface area (TPSA) is 93.7 Å². The smallest absolute Gasteiger partial charge is 0.292 e. The van der Waals surface area contributed by atoms with Gasteiger partial charge in [0.1, 0.15) is 5.69 Å². The molecule has 7 heteroatoms. The molecule has 1 heterocycles. The lowest BCUT2D eigenvalue weighted by molar-refractivity contribution is -0.384. The Morgan fingerprint density at radius 3 is 2.71 bits per heavy atom. The summed E-state index contributed by atoms with van der Waals surface area (Å²) < 4.78 is 5.23. The third-order valence-corrected chi connectivity index (χ3v) is 2.69. The number of nitrogen functional groups attached to an aromatic ring is 1. The maximum absolute atomic E-state index is 11.0. The van der Waals surface area contributed by atoms with Gasteiger partial charge >= 0.3 is 0 Å². The minimum absolute atomic E-state index is 0.0888. The molecule has 0 spiro atoms. The van der Waals surface area contributed by atoms with Gasteiger partial charge in [-0.05, 0) is 12.1 Å². The standard InChI is InChI=1S/C10H14N4O3/c11-12-8-1-2-9(14(15)16)10(7-8)13-3-5-17-6-4-13/h1-2,7,12H,3-6,11H2. The Balaban J connectivity index is 2.36. The van der Waals surface area contributed by atoms with Gasteiger partial charge in [-0.3, -0.25) is 16.0 Å². The van der Waals surface area contributed by atoms with Crippen molar-refractivity contribution < 1.29 is 9.66 Å². The number of nitrogens with zero attached hydrogens (tertiary/aromatic N) is 2. The summed E-state index contributed by atoms with van der Waals surface area (Å²) in [6.45, 7) is 2.46. The van der Waals surface area contributed by atoms with E-state index >= 15 is 0 Å². The van der Waals surface area contributed by atoms with Crippen molar-refractivity contribution in [3.8, 4) is 0 Å². The molecule has 1 aromatic rings. The number of nitrogens with one attached hydrogen (secondary N) is 1. The SMILES string of the molecule is NNc1ccc([N+](=O)[O-])c(N2CCOCC2)c1. The van der Waals surface area contributed by atoms with Crippen LogP contribution in [0.5, 0.6) is 0 Å².